The summed E-state index contributed by atoms with van der Waals surface area (Å²) in [6.07, 6.45) is -1.02. The van der Waals surface area contributed by atoms with Gasteiger partial charge in [-0.05, 0) is 18.8 Å². The predicted octanol–water partition coefficient (Wildman–Crippen LogP) is -0.882. The van der Waals surface area contributed by atoms with Crippen molar-refractivity contribution in [2.45, 2.75) is 55.6 Å². The van der Waals surface area contributed by atoms with Crippen LogP contribution in [0.2, 0.25) is 0 Å². The molecule has 0 amide bonds. The van der Waals surface area contributed by atoms with Crippen molar-refractivity contribution in [1.82, 2.24) is 0 Å². The first-order valence-corrected chi connectivity index (χ1v) is 10.3. The van der Waals surface area contributed by atoms with Crippen molar-refractivity contribution in [1.29, 1.82) is 0 Å². The molecule has 4 rings (SSSR count). The number of rotatable bonds is 17. The molecular formula is C19H32O9. The van der Waals surface area contributed by atoms with Gasteiger partial charge in [0.05, 0.1) is 59.5 Å². The van der Waals surface area contributed by atoms with Gasteiger partial charge in [-0.2, -0.15) is 0 Å². The standard InChI is InChI=1S/C19H32O9/c20-18(16(27-3-12-1-2-12)10-22-4-13-6-24-13)19(21)17(28-9-15-8-26-15)11-23-5-14-7-25-14/h12-21H,1-11H2/t13?,14?,15?,16-,17+,18-,19-/m1/s1. The third-order valence-corrected chi connectivity index (χ3v) is 5.23. The molecule has 1 aliphatic carbocycles. The lowest BCUT2D eigenvalue weighted by atomic mass is 10.0. The molecule has 0 aromatic rings. The zero-order valence-electron chi connectivity index (χ0n) is 16.1. The van der Waals surface area contributed by atoms with Crippen LogP contribution in [0.1, 0.15) is 12.8 Å². The van der Waals surface area contributed by atoms with Crippen molar-refractivity contribution >= 4 is 0 Å². The monoisotopic (exact) mass is 404 g/mol. The fraction of sp³-hybridized carbons (Fsp3) is 1.00. The largest absolute Gasteiger partial charge is 0.388 e. The molecule has 9 nitrogen and oxygen atoms in total. The summed E-state index contributed by atoms with van der Waals surface area (Å²) in [5.41, 5.74) is 0. The summed E-state index contributed by atoms with van der Waals surface area (Å²) in [5, 5.41) is 21.6. The van der Waals surface area contributed by atoms with Gasteiger partial charge in [-0.1, -0.05) is 0 Å². The van der Waals surface area contributed by atoms with E-state index < -0.39 is 24.4 Å². The minimum atomic E-state index is -1.16. The Morgan fingerprint density at radius 2 is 1.11 bits per heavy atom. The van der Waals surface area contributed by atoms with Crippen LogP contribution in [0, 0.1) is 5.92 Å². The SMILES string of the molecule is O[C@@H]([C@H](O)[C@@H](COCC1CO1)OCC1CC1)[C@H](COCC1CO1)OCC1CO1. The Morgan fingerprint density at radius 3 is 1.54 bits per heavy atom. The van der Waals surface area contributed by atoms with Crippen LogP contribution in [0.4, 0.5) is 0 Å². The molecule has 4 aliphatic rings. The summed E-state index contributed by atoms with van der Waals surface area (Å²) in [6.45, 7) is 4.27. The van der Waals surface area contributed by atoms with Crippen molar-refractivity contribution in [3.05, 3.63) is 0 Å². The fourth-order valence-corrected chi connectivity index (χ4v) is 2.83. The van der Waals surface area contributed by atoms with Gasteiger partial charge in [0.2, 0.25) is 0 Å². The van der Waals surface area contributed by atoms with E-state index in [2.05, 4.69) is 0 Å². The molecule has 28 heavy (non-hydrogen) atoms. The molecule has 3 aliphatic heterocycles. The maximum atomic E-state index is 10.8. The maximum Gasteiger partial charge on any atom is 0.111 e. The lowest BCUT2D eigenvalue weighted by Gasteiger charge is -2.31. The van der Waals surface area contributed by atoms with Gasteiger partial charge in [0, 0.05) is 0 Å². The quantitative estimate of drug-likeness (QED) is 0.298. The number of aliphatic hydroxyl groups is 2. The molecule has 0 radical (unpaired) electrons. The van der Waals surface area contributed by atoms with Crippen LogP contribution in [0.3, 0.4) is 0 Å². The first-order chi connectivity index (χ1) is 13.7. The molecule has 3 heterocycles. The molecule has 0 spiro atoms. The van der Waals surface area contributed by atoms with E-state index in [9.17, 15) is 10.2 Å². The van der Waals surface area contributed by atoms with Crippen LogP contribution in [0.25, 0.3) is 0 Å². The van der Waals surface area contributed by atoms with Crippen molar-refractivity contribution in [3.63, 3.8) is 0 Å². The van der Waals surface area contributed by atoms with Crippen LogP contribution in [-0.2, 0) is 33.2 Å². The summed E-state index contributed by atoms with van der Waals surface area (Å²) in [5.74, 6) is 0.541. The molecule has 4 fully saturated rings. The van der Waals surface area contributed by atoms with E-state index in [4.69, 9.17) is 33.2 Å². The highest BCUT2D eigenvalue weighted by Crippen LogP contribution is 2.30. The smallest absolute Gasteiger partial charge is 0.111 e. The van der Waals surface area contributed by atoms with Crippen molar-refractivity contribution in [3.8, 4) is 0 Å². The van der Waals surface area contributed by atoms with E-state index in [1.165, 1.54) is 0 Å². The highest BCUT2D eigenvalue weighted by molar-refractivity contribution is 4.85. The van der Waals surface area contributed by atoms with E-state index in [1.54, 1.807) is 0 Å². The first-order valence-electron chi connectivity index (χ1n) is 10.3. The molecule has 0 aromatic heterocycles. The second-order valence-corrected chi connectivity index (χ2v) is 8.11. The van der Waals surface area contributed by atoms with E-state index in [0.717, 1.165) is 12.8 Å². The van der Waals surface area contributed by atoms with Gasteiger partial charge in [0.1, 0.15) is 42.7 Å². The van der Waals surface area contributed by atoms with Crippen LogP contribution in [-0.4, -0.2) is 112 Å². The summed E-state index contributed by atoms with van der Waals surface area (Å²) < 4.78 is 38.3. The van der Waals surface area contributed by atoms with Gasteiger partial charge in [-0.15, -0.1) is 0 Å². The highest BCUT2D eigenvalue weighted by atomic mass is 16.6. The number of hydrogen-bond acceptors (Lipinski definition) is 9. The van der Waals surface area contributed by atoms with Crippen LogP contribution >= 0.6 is 0 Å². The molecule has 3 saturated heterocycles. The lowest BCUT2D eigenvalue weighted by Crippen LogP contribution is -2.50. The average molecular weight is 404 g/mol. The number of ether oxygens (including phenoxy) is 7. The lowest BCUT2D eigenvalue weighted by molar-refractivity contribution is -0.165. The number of aliphatic hydroxyl groups excluding tert-OH is 2. The van der Waals surface area contributed by atoms with Gasteiger partial charge >= 0.3 is 0 Å². The fourth-order valence-electron chi connectivity index (χ4n) is 2.83. The minimum Gasteiger partial charge on any atom is -0.388 e. The Morgan fingerprint density at radius 1 is 0.679 bits per heavy atom. The van der Waals surface area contributed by atoms with Gasteiger partial charge in [-0.25, -0.2) is 0 Å². The van der Waals surface area contributed by atoms with E-state index in [0.29, 0.717) is 52.2 Å². The van der Waals surface area contributed by atoms with Crippen molar-refractivity contribution in [2.75, 3.05) is 59.5 Å². The molecule has 7 atom stereocenters. The van der Waals surface area contributed by atoms with Gasteiger partial charge in [0.25, 0.3) is 0 Å². The maximum absolute atomic E-state index is 10.8. The molecule has 0 aromatic carbocycles. The zero-order chi connectivity index (χ0) is 19.3. The van der Waals surface area contributed by atoms with Gasteiger partial charge in [0.15, 0.2) is 0 Å². The Balaban J connectivity index is 1.27. The number of hydrogen-bond donors (Lipinski definition) is 2. The molecule has 1 saturated carbocycles. The average Bonchev–Trinajstić information content (AvgIpc) is 3.55. The second-order valence-electron chi connectivity index (χ2n) is 8.11. The molecule has 162 valence electrons. The van der Waals surface area contributed by atoms with E-state index in [1.807, 2.05) is 0 Å². The van der Waals surface area contributed by atoms with E-state index in [-0.39, 0.29) is 31.5 Å². The van der Waals surface area contributed by atoms with Gasteiger partial charge in [-0.3, -0.25) is 0 Å². The van der Waals surface area contributed by atoms with Crippen LogP contribution < -0.4 is 0 Å². The van der Waals surface area contributed by atoms with Crippen LogP contribution in [0.5, 0.6) is 0 Å². The predicted molar refractivity (Wildman–Crippen MR) is 95.1 cm³/mol. The Kier molecular flexibility index (Phi) is 7.54. The normalized spacial score (nSPS) is 32.6. The third kappa shape index (κ3) is 7.47. The Hall–Kier alpha value is -0.360. The Labute approximate surface area is 165 Å². The van der Waals surface area contributed by atoms with Crippen molar-refractivity contribution < 1.29 is 43.4 Å². The van der Waals surface area contributed by atoms with Crippen molar-refractivity contribution in [2.24, 2.45) is 5.92 Å². The Bertz CT molecular complexity index is 420. The third-order valence-electron chi connectivity index (χ3n) is 5.23. The van der Waals surface area contributed by atoms with Gasteiger partial charge < -0.3 is 43.4 Å². The molecule has 0 bridgehead atoms. The summed E-state index contributed by atoms with van der Waals surface area (Å²) in [4.78, 5) is 0. The molecule has 2 N–H and O–H groups in total. The molecule has 3 unspecified atom stereocenters. The summed E-state index contributed by atoms with van der Waals surface area (Å²) in [6, 6.07) is 0. The summed E-state index contributed by atoms with van der Waals surface area (Å²) >= 11 is 0. The minimum absolute atomic E-state index is 0.0578. The molecular weight excluding hydrogens is 372 g/mol. The topological polar surface area (TPSA) is 115 Å². The van der Waals surface area contributed by atoms with Crippen LogP contribution in [0.15, 0.2) is 0 Å². The first kappa shape index (κ1) is 20.9. The van der Waals surface area contributed by atoms with E-state index >= 15 is 0 Å². The number of epoxide rings is 3. The second kappa shape index (κ2) is 10.1. The highest BCUT2D eigenvalue weighted by Gasteiger charge is 2.37. The zero-order valence-corrected chi connectivity index (χ0v) is 16.1. The summed E-state index contributed by atoms with van der Waals surface area (Å²) in [7, 11) is 0. The molecule has 9 heteroatoms.